The molecular formula is C19H17N3OS2. The quantitative estimate of drug-likeness (QED) is 0.488. The highest BCUT2D eigenvalue weighted by atomic mass is 32.1. The Morgan fingerprint density at radius 1 is 1.12 bits per heavy atom. The Labute approximate surface area is 154 Å². The predicted octanol–water partition coefficient (Wildman–Crippen LogP) is 5.35. The lowest BCUT2D eigenvalue weighted by Crippen LogP contribution is -1.97. The number of hydrogen-bond acceptors (Lipinski definition) is 5. The average molecular weight is 367 g/mol. The average Bonchev–Trinajstić information content (AvgIpc) is 3.35. The first kappa shape index (κ1) is 16.1. The van der Waals surface area contributed by atoms with Crippen molar-refractivity contribution in [1.29, 1.82) is 0 Å². The Balaban J connectivity index is 1.75. The molecule has 0 saturated carbocycles. The van der Waals surface area contributed by atoms with Crippen molar-refractivity contribution in [3.8, 4) is 32.7 Å². The molecule has 0 spiro atoms. The van der Waals surface area contributed by atoms with E-state index < -0.39 is 0 Å². The van der Waals surface area contributed by atoms with Crippen molar-refractivity contribution in [1.82, 2.24) is 14.5 Å². The first-order valence-corrected chi connectivity index (χ1v) is 9.62. The summed E-state index contributed by atoms with van der Waals surface area (Å²) in [5, 5.41) is 6.10. The summed E-state index contributed by atoms with van der Waals surface area (Å²) in [7, 11) is 1.68. The molecular weight excluding hydrogens is 350 g/mol. The molecule has 4 aromatic rings. The SMILES string of the molecule is COc1cccc(-c2nc(-c3cc(C)n(-c4nccs4)c3C)cs2)c1. The van der Waals surface area contributed by atoms with Crippen LogP contribution in [0.15, 0.2) is 47.3 Å². The van der Waals surface area contributed by atoms with Crippen molar-refractivity contribution in [3.05, 3.63) is 58.7 Å². The molecule has 0 aliphatic carbocycles. The number of hydrogen-bond donors (Lipinski definition) is 0. The van der Waals surface area contributed by atoms with Crippen molar-refractivity contribution < 1.29 is 4.74 Å². The number of rotatable bonds is 4. The highest BCUT2D eigenvalue weighted by Crippen LogP contribution is 2.34. The molecule has 0 amide bonds. The van der Waals surface area contributed by atoms with E-state index in [2.05, 4.69) is 40.9 Å². The molecule has 0 bridgehead atoms. The van der Waals surface area contributed by atoms with Crippen LogP contribution in [0.1, 0.15) is 11.4 Å². The minimum absolute atomic E-state index is 0.844. The van der Waals surface area contributed by atoms with Gasteiger partial charge in [-0.2, -0.15) is 0 Å². The van der Waals surface area contributed by atoms with E-state index in [4.69, 9.17) is 9.72 Å². The second-order valence-corrected chi connectivity index (χ2v) is 7.44. The van der Waals surface area contributed by atoms with E-state index in [9.17, 15) is 0 Å². The normalized spacial score (nSPS) is 11.0. The van der Waals surface area contributed by atoms with E-state index in [1.54, 1.807) is 29.8 Å². The molecule has 0 fully saturated rings. The Kier molecular flexibility index (Phi) is 4.15. The molecule has 0 aliphatic heterocycles. The molecule has 4 rings (SSSR count). The fourth-order valence-electron chi connectivity index (χ4n) is 2.93. The van der Waals surface area contributed by atoms with Crippen LogP contribution < -0.4 is 4.74 Å². The highest BCUT2D eigenvalue weighted by molar-refractivity contribution is 7.13. The smallest absolute Gasteiger partial charge is 0.193 e. The largest absolute Gasteiger partial charge is 0.497 e. The van der Waals surface area contributed by atoms with Crippen LogP contribution in [0.25, 0.3) is 27.0 Å². The van der Waals surface area contributed by atoms with Gasteiger partial charge in [-0.05, 0) is 32.0 Å². The predicted molar refractivity (Wildman–Crippen MR) is 104 cm³/mol. The zero-order valence-corrected chi connectivity index (χ0v) is 15.8. The minimum Gasteiger partial charge on any atom is -0.497 e. The van der Waals surface area contributed by atoms with Gasteiger partial charge in [-0.1, -0.05) is 12.1 Å². The fourth-order valence-corrected chi connectivity index (χ4v) is 4.50. The van der Waals surface area contributed by atoms with Gasteiger partial charge in [0, 0.05) is 39.5 Å². The Morgan fingerprint density at radius 2 is 2.00 bits per heavy atom. The van der Waals surface area contributed by atoms with Crippen LogP contribution in [0.2, 0.25) is 0 Å². The summed E-state index contributed by atoms with van der Waals surface area (Å²) in [5.74, 6) is 0.844. The monoisotopic (exact) mass is 367 g/mol. The maximum Gasteiger partial charge on any atom is 0.193 e. The van der Waals surface area contributed by atoms with Gasteiger partial charge in [0.15, 0.2) is 5.13 Å². The summed E-state index contributed by atoms with van der Waals surface area (Å²) >= 11 is 3.29. The lowest BCUT2D eigenvalue weighted by Gasteiger charge is -2.04. The Morgan fingerprint density at radius 3 is 2.76 bits per heavy atom. The van der Waals surface area contributed by atoms with Gasteiger partial charge in [0.1, 0.15) is 10.8 Å². The maximum atomic E-state index is 5.32. The number of benzene rings is 1. The molecule has 0 N–H and O–H groups in total. The van der Waals surface area contributed by atoms with Gasteiger partial charge in [0.2, 0.25) is 0 Å². The second-order valence-electron chi connectivity index (χ2n) is 5.70. The van der Waals surface area contributed by atoms with E-state index in [1.165, 1.54) is 5.69 Å². The molecule has 0 radical (unpaired) electrons. The minimum atomic E-state index is 0.844. The summed E-state index contributed by atoms with van der Waals surface area (Å²) in [4.78, 5) is 9.29. The summed E-state index contributed by atoms with van der Waals surface area (Å²) in [6, 6.07) is 10.2. The molecule has 0 aliphatic rings. The van der Waals surface area contributed by atoms with E-state index in [1.807, 2.05) is 29.8 Å². The molecule has 0 saturated heterocycles. The van der Waals surface area contributed by atoms with Crippen molar-refractivity contribution in [2.45, 2.75) is 13.8 Å². The number of thiazole rings is 2. The summed E-state index contributed by atoms with van der Waals surface area (Å²) < 4.78 is 7.50. The molecule has 6 heteroatoms. The molecule has 0 unspecified atom stereocenters. The number of aromatic nitrogens is 3. The third-order valence-corrected chi connectivity index (χ3v) is 5.79. The van der Waals surface area contributed by atoms with Crippen LogP contribution in [-0.2, 0) is 0 Å². The van der Waals surface area contributed by atoms with Gasteiger partial charge in [-0.3, -0.25) is 4.57 Å². The van der Waals surface area contributed by atoms with Crippen LogP contribution in [0.3, 0.4) is 0 Å². The second kappa shape index (κ2) is 6.46. The molecule has 25 heavy (non-hydrogen) atoms. The van der Waals surface area contributed by atoms with Gasteiger partial charge < -0.3 is 4.74 Å². The highest BCUT2D eigenvalue weighted by Gasteiger charge is 2.16. The van der Waals surface area contributed by atoms with E-state index >= 15 is 0 Å². The number of aryl methyl sites for hydroxylation is 1. The van der Waals surface area contributed by atoms with Gasteiger partial charge in [0.05, 0.1) is 12.8 Å². The number of nitrogens with zero attached hydrogens (tertiary/aromatic N) is 3. The van der Waals surface area contributed by atoms with E-state index in [0.29, 0.717) is 0 Å². The van der Waals surface area contributed by atoms with Gasteiger partial charge in [-0.25, -0.2) is 9.97 Å². The third kappa shape index (κ3) is 2.88. The number of methoxy groups -OCH3 is 1. The van der Waals surface area contributed by atoms with Gasteiger partial charge in [-0.15, -0.1) is 22.7 Å². The molecule has 1 aromatic carbocycles. The molecule has 3 aromatic heterocycles. The van der Waals surface area contributed by atoms with Crippen LogP contribution in [0.5, 0.6) is 5.75 Å². The standard InChI is InChI=1S/C19H17N3OS2/c1-12-9-16(13(2)22(12)19-20-7-8-24-19)17-11-25-18(21-17)14-5-4-6-15(10-14)23-3/h4-11H,1-3H3. The molecule has 0 atom stereocenters. The fraction of sp³-hybridized carbons (Fsp3) is 0.158. The maximum absolute atomic E-state index is 5.32. The Bertz CT molecular complexity index is 1020. The molecule has 3 heterocycles. The zero-order valence-electron chi connectivity index (χ0n) is 14.2. The summed E-state index contributed by atoms with van der Waals surface area (Å²) in [5.41, 5.74) is 5.55. The van der Waals surface area contributed by atoms with Crippen LogP contribution >= 0.6 is 22.7 Å². The number of ether oxygens (including phenoxy) is 1. The van der Waals surface area contributed by atoms with E-state index in [-0.39, 0.29) is 0 Å². The van der Waals surface area contributed by atoms with Crippen LogP contribution in [0, 0.1) is 13.8 Å². The first-order chi connectivity index (χ1) is 12.2. The van der Waals surface area contributed by atoms with Crippen molar-refractivity contribution in [2.75, 3.05) is 7.11 Å². The van der Waals surface area contributed by atoms with Crippen LogP contribution in [0.4, 0.5) is 0 Å². The van der Waals surface area contributed by atoms with E-state index in [0.717, 1.165) is 38.4 Å². The Hall–Kier alpha value is -2.44. The third-order valence-electron chi connectivity index (χ3n) is 4.14. The lowest BCUT2D eigenvalue weighted by atomic mass is 10.2. The lowest BCUT2D eigenvalue weighted by molar-refractivity contribution is 0.415. The summed E-state index contributed by atoms with van der Waals surface area (Å²) in [6.07, 6.45) is 1.84. The summed E-state index contributed by atoms with van der Waals surface area (Å²) in [6.45, 7) is 4.22. The van der Waals surface area contributed by atoms with Gasteiger partial charge in [0.25, 0.3) is 0 Å². The van der Waals surface area contributed by atoms with Crippen molar-refractivity contribution in [2.24, 2.45) is 0 Å². The molecule has 4 nitrogen and oxygen atoms in total. The van der Waals surface area contributed by atoms with Gasteiger partial charge >= 0.3 is 0 Å². The molecule has 126 valence electrons. The van der Waals surface area contributed by atoms with Crippen molar-refractivity contribution in [3.63, 3.8) is 0 Å². The van der Waals surface area contributed by atoms with Crippen molar-refractivity contribution >= 4 is 22.7 Å². The topological polar surface area (TPSA) is 39.9 Å². The van der Waals surface area contributed by atoms with Crippen LogP contribution in [-0.4, -0.2) is 21.6 Å². The first-order valence-electron chi connectivity index (χ1n) is 7.86. The zero-order chi connectivity index (χ0) is 17.4.